The van der Waals surface area contributed by atoms with Crippen molar-refractivity contribution in [1.29, 1.82) is 0 Å². The lowest BCUT2D eigenvalue weighted by Crippen LogP contribution is -2.38. The molecule has 0 amide bonds. The molecule has 2 aromatic rings. The lowest BCUT2D eigenvalue weighted by molar-refractivity contribution is 0.285. The van der Waals surface area contributed by atoms with Gasteiger partial charge in [0.15, 0.2) is 0 Å². The number of benzene rings is 2. The molecule has 0 aliphatic carbocycles. The molecule has 0 aromatic heterocycles. The highest BCUT2D eigenvalue weighted by molar-refractivity contribution is 5.84. The summed E-state index contributed by atoms with van der Waals surface area (Å²) in [7, 11) is 0. The Morgan fingerprint density at radius 1 is 1.30 bits per heavy atom. The highest BCUT2D eigenvalue weighted by Gasteiger charge is 2.22. The second-order valence-electron chi connectivity index (χ2n) is 5.03. The molecular formula is C16H17FN2O. The Bertz CT molecular complexity index is 642. The molecule has 0 fully saturated rings. The van der Waals surface area contributed by atoms with Gasteiger partial charge in [-0.1, -0.05) is 24.3 Å². The van der Waals surface area contributed by atoms with Gasteiger partial charge in [-0.05, 0) is 24.1 Å². The molecule has 20 heavy (non-hydrogen) atoms. The van der Waals surface area contributed by atoms with Crippen LogP contribution in [0.4, 0.5) is 10.1 Å². The van der Waals surface area contributed by atoms with Crippen LogP contribution in [0.1, 0.15) is 5.56 Å². The zero-order valence-corrected chi connectivity index (χ0v) is 11.3. The van der Waals surface area contributed by atoms with Gasteiger partial charge in [-0.2, -0.15) is 0 Å². The minimum Gasteiger partial charge on any atom is -0.489 e. The average molecular weight is 272 g/mol. The zero-order valence-electron chi connectivity index (χ0n) is 11.3. The number of aryl methyl sites for hydroxylation is 1. The summed E-state index contributed by atoms with van der Waals surface area (Å²) in [5, 5.41) is 3.35. The molecule has 3 nitrogen and oxygen atoms in total. The van der Waals surface area contributed by atoms with E-state index >= 15 is 0 Å². The first-order valence-electron chi connectivity index (χ1n) is 6.68. The Balaban J connectivity index is 2.16. The molecule has 1 unspecified atom stereocenters. The van der Waals surface area contributed by atoms with E-state index in [1.807, 2.05) is 31.2 Å². The maximum Gasteiger partial charge on any atom is 0.146 e. The van der Waals surface area contributed by atoms with Gasteiger partial charge in [0.1, 0.15) is 18.2 Å². The first-order valence-corrected chi connectivity index (χ1v) is 6.68. The molecule has 3 rings (SSSR count). The maximum absolute atomic E-state index is 13.8. The van der Waals surface area contributed by atoms with Crippen LogP contribution in [0.15, 0.2) is 36.4 Å². The second-order valence-corrected chi connectivity index (χ2v) is 5.03. The van der Waals surface area contributed by atoms with Crippen LogP contribution < -0.4 is 15.8 Å². The van der Waals surface area contributed by atoms with Crippen LogP contribution in [0.3, 0.4) is 0 Å². The fourth-order valence-corrected chi connectivity index (χ4v) is 2.50. The average Bonchev–Trinajstić information content (AvgIpc) is 2.46. The van der Waals surface area contributed by atoms with Crippen molar-refractivity contribution in [3.8, 4) is 16.9 Å². The summed E-state index contributed by atoms with van der Waals surface area (Å²) in [5.74, 6) is 0.253. The lowest BCUT2D eigenvalue weighted by Gasteiger charge is -2.28. The van der Waals surface area contributed by atoms with Crippen LogP contribution in [0.25, 0.3) is 11.1 Å². The summed E-state index contributed by atoms with van der Waals surface area (Å²) < 4.78 is 19.4. The molecule has 1 aliphatic rings. The fourth-order valence-electron chi connectivity index (χ4n) is 2.50. The Labute approximate surface area is 117 Å². The number of rotatable bonds is 2. The Hall–Kier alpha value is -2.07. The third-order valence-electron chi connectivity index (χ3n) is 3.58. The van der Waals surface area contributed by atoms with Crippen LogP contribution in [0.5, 0.6) is 5.75 Å². The smallest absolute Gasteiger partial charge is 0.146 e. The molecule has 2 aromatic carbocycles. The lowest BCUT2D eigenvalue weighted by atomic mass is 9.97. The van der Waals surface area contributed by atoms with Gasteiger partial charge >= 0.3 is 0 Å². The zero-order chi connectivity index (χ0) is 14.1. The van der Waals surface area contributed by atoms with E-state index in [1.165, 1.54) is 12.1 Å². The Kier molecular flexibility index (Phi) is 3.32. The maximum atomic E-state index is 13.8. The van der Waals surface area contributed by atoms with Crippen molar-refractivity contribution in [1.82, 2.24) is 0 Å². The van der Waals surface area contributed by atoms with E-state index in [0.29, 0.717) is 18.9 Å². The molecule has 104 valence electrons. The molecule has 3 N–H and O–H groups in total. The van der Waals surface area contributed by atoms with Gasteiger partial charge < -0.3 is 15.8 Å². The highest BCUT2D eigenvalue weighted by Crippen LogP contribution is 2.40. The van der Waals surface area contributed by atoms with Gasteiger partial charge in [0.05, 0.1) is 11.7 Å². The van der Waals surface area contributed by atoms with E-state index in [0.717, 1.165) is 22.4 Å². The molecule has 1 atom stereocenters. The number of nitrogens with one attached hydrogen (secondary N) is 1. The third-order valence-corrected chi connectivity index (χ3v) is 3.58. The molecule has 0 bridgehead atoms. The van der Waals surface area contributed by atoms with Crippen molar-refractivity contribution in [2.75, 3.05) is 18.5 Å². The minimum absolute atomic E-state index is 0.0516. The summed E-state index contributed by atoms with van der Waals surface area (Å²) in [6.45, 7) is 2.95. The summed E-state index contributed by atoms with van der Waals surface area (Å²) in [5.41, 5.74) is 9.42. The number of hydrogen-bond acceptors (Lipinski definition) is 3. The third kappa shape index (κ3) is 2.23. The van der Waals surface area contributed by atoms with Crippen molar-refractivity contribution in [2.45, 2.75) is 13.0 Å². The number of halogens is 1. The highest BCUT2D eigenvalue weighted by atomic mass is 19.1. The van der Waals surface area contributed by atoms with Crippen LogP contribution in [0, 0.1) is 12.7 Å². The van der Waals surface area contributed by atoms with Gasteiger partial charge in [-0.15, -0.1) is 0 Å². The second kappa shape index (κ2) is 5.13. The van der Waals surface area contributed by atoms with Crippen molar-refractivity contribution in [3.63, 3.8) is 0 Å². The van der Waals surface area contributed by atoms with Crippen LogP contribution in [-0.4, -0.2) is 19.2 Å². The van der Waals surface area contributed by atoms with Crippen molar-refractivity contribution in [3.05, 3.63) is 47.8 Å². The van der Waals surface area contributed by atoms with E-state index in [2.05, 4.69) is 5.32 Å². The number of hydrogen-bond donors (Lipinski definition) is 2. The van der Waals surface area contributed by atoms with Gasteiger partial charge in [-0.3, -0.25) is 0 Å². The molecule has 0 saturated heterocycles. The van der Waals surface area contributed by atoms with Gasteiger partial charge in [0.25, 0.3) is 0 Å². The quantitative estimate of drug-likeness (QED) is 0.883. The van der Waals surface area contributed by atoms with Gasteiger partial charge in [0.2, 0.25) is 0 Å². The molecule has 0 saturated carbocycles. The van der Waals surface area contributed by atoms with Gasteiger partial charge in [0, 0.05) is 18.2 Å². The largest absolute Gasteiger partial charge is 0.489 e. The van der Waals surface area contributed by atoms with E-state index in [9.17, 15) is 4.39 Å². The number of nitrogens with two attached hydrogens (primary N) is 1. The fraction of sp³-hybridized carbons (Fsp3) is 0.250. The van der Waals surface area contributed by atoms with Crippen molar-refractivity contribution >= 4 is 5.69 Å². The first-order chi connectivity index (χ1) is 9.69. The topological polar surface area (TPSA) is 47.3 Å². The van der Waals surface area contributed by atoms with E-state index in [1.54, 1.807) is 0 Å². The standard InChI is InChI=1S/C16H17FN2O/c1-10-4-2-3-5-13(10)14-6-11(17)7-15-16(14)19-12(8-18)9-20-15/h2-7,12,19H,8-9,18H2,1H3. The molecule has 0 radical (unpaired) electrons. The van der Waals surface area contributed by atoms with Crippen molar-refractivity contribution in [2.24, 2.45) is 5.73 Å². The molecule has 4 heteroatoms. The summed E-state index contributed by atoms with van der Waals surface area (Å²) >= 11 is 0. The van der Waals surface area contributed by atoms with Crippen LogP contribution >= 0.6 is 0 Å². The van der Waals surface area contributed by atoms with E-state index in [-0.39, 0.29) is 11.9 Å². The predicted molar refractivity (Wildman–Crippen MR) is 78.5 cm³/mol. The van der Waals surface area contributed by atoms with E-state index in [4.69, 9.17) is 10.5 Å². The number of fused-ring (bicyclic) bond motifs is 1. The van der Waals surface area contributed by atoms with E-state index < -0.39 is 0 Å². The normalized spacial score (nSPS) is 17.1. The Morgan fingerprint density at radius 2 is 2.10 bits per heavy atom. The van der Waals surface area contributed by atoms with Crippen molar-refractivity contribution < 1.29 is 9.13 Å². The predicted octanol–water partition coefficient (Wildman–Crippen LogP) is 2.93. The SMILES string of the molecule is Cc1ccccc1-c1cc(F)cc2c1NC(CN)CO2. The Morgan fingerprint density at radius 3 is 2.85 bits per heavy atom. The minimum atomic E-state index is -0.296. The number of anilines is 1. The van der Waals surface area contributed by atoms with Gasteiger partial charge in [-0.25, -0.2) is 4.39 Å². The summed E-state index contributed by atoms with van der Waals surface area (Å²) in [6.07, 6.45) is 0. The monoisotopic (exact) mass is 272 g/mol. The summed E-state index contributed by atoms with van der Waals surface area (Å²) in [4.78, 5) is 0. The van der Waals surface area contributed by atoms with Crippen LogP contribution in [0.2, 0.25) is 0 Å². The van der Waals surface area contributed by atoms with Crippen LogP contribution in [-0.2, 0) is 0 Å². The summed E-state index contributed by atoms with van der Waals surface area (Å²) in [6, 6.07) is 10.9. The first kappa shape index (κ1) is 12.9. The molecule has 1 aliphatic heterocycles. The molecule has 0 spiro atoms. The molecule has 1 heterocycles. The number of ether oxygens (including phenoxy) is 1. The molecular weight excluding hydrogens is 255 g/mol.